The zero-order chi connectivity index (χ0) is 15.3. The number of fused-ring (bicyclic) bond motifs is 2. The minimum atomic E-state index is -0.392. The number of benzene rings is 1. The van der Waals surface area contributed by atoms with Crippen molar-refractivity contribution in [3.63, 3.8) is 0 Å². The van der Waals surface area contributed by atoms with E-state index in [0.29, 0.717) is 22.5 Å². The van der Waals surface area contributed by atoms with Crippen LogP contribution in [0.3, 0.4) is 0 Å². The topological polar surface area (TPSA) is 65.1 Å². The molecule has 0 atom stereocenters. The van der Waals surface area contributed by atoms with Crippen LogP contribution < -0.4 is 5.32 Å². The molecule has 1 amide bonds. The summed E-state index contributed by atoms with van der Waals surface area (Å²) in [5.74, 6) is -0.469. The molecule has 0 unspecified atom stereocenters. The smallest absolute Gasteiger partial charge is 0.256 e. The summed E-state index contributed by atoms with van der Waals surface area (Å²) in [5.41, 5.74) is 3.98. The first-order valence-electron chi connectivity index (χ1n) is 7.39. The molecule has 4 nitrogen and oxygen atoms in total. The number of carbonyl (C=O) groups is 1. The lowest BCUT2D eigenvalue weighted by atomic mass is 9.97. The predicted molar refractivity (Wildman–Crippen MR) is 82.0 cm³/mol. The van der Waals surface area contributed by atoms with Crippen LogP contribution in [0, 0.1) is 5.82 Å². The van der Waals surface area contributed by atoms with Gasteiger partial charge in [-0.05, 0) is 50.0 Å². The molecule has 5 heteroatoms. The summed E-state index contributed by atoms with van der Waals surface area (Å²) in [7, 11) is 0. The highest BCUT2D eigenvalue weighted by molar-refractivity contribution is 6.34. The average molecular weight is 298 g/mol. The number of halogens is 1. The van der Waals surface area contributed by atoms with Crippen LogP contribution in [0.5, 0.6) is 5.75 Å². The number of amides is 1. The van der Waals surface area contributed by atoms with E-state index in [2.05, 4.69) is 10.3 Å². The Labute approximate surface area is 126 Å². The fourth-order valence-corrected chi connectivity index (χ4v) is 3.24. The van der Waals surface area contributed by atoms with Crippen LogP contribution in [0.4, 0.5) is 10.1 Å². The van der Waals surface area contributed by atoms with Gasteiger partial charge in [-0.1, -0.05) is 0 Å². The van der Waals surface area contributed by atoms with E-state index in [4.69, 9.17) is 0 Å². The van der Waals surface area contributed by atoms with Crippen LogP contribution in [0.25, 0.3) is 11.6 Å². The van der Waals surface area contributed by atoms with E-state index in [9.17, 15) is 14.3 Å². The van der Waals surface area contributed by atoms with Crippen LogP contribution in [-0.2, 0) is 17.6 Å². The third-order valence-electron chi connectivity index (χ3n) is 4.35. The molecule has 1 aliphatic heterocycles. The summed E-state index contributed by atoms with van der Waals surface area (Å²) in [4.78, 5) is 15.3. The lowest BCUT2D eigenvalue weighted by Gasteiger charge is -2.09. The van der Waals surface area contributed by atoms with Gasteiger partial charge in [-0.25, -0.2) is 4.39 Å². The number of carbonyl (C=O) groups excluding carboxylic acids is 1. The van der Waals surface area contributed by atoms with E-state index >= 15 is 0 Å². The molecule has 0 saturated carbocycles. The maximum Gasteiger partial charge on any atom is 0.256 e. The summed E-state index contributed by atoms with van der Waals surface area (Å²) >= 11 is 0. The zero-order valence-electron chi connectivity index (χ0n) is 11.9. The van der Waals surface area contributed by atoms with Gasteiger partial charge in [0, 0.05) is 22.5 Å². The van der Waals surface area contributed by atoms with Crippen molar-refractivity contribution in [3.8, 4) is 5.75 Å². The monoisotopic (exact) mass is 298 g/mol. The van der Waals surface area contributed by atoms with Gasteiger partial charge in [0.2, 0.25) is 0 Å². The number of hydrogen-bond donors (Lipinski definition) is 3. The largest absolute Gasteiger partial charge is 0.505 e. The molecule has 2 aromatic rings. The Morgan fingerprint density at radius 3 is 2.86 bits per heavy atom. The van der Waals surface area contributed by atoms with Gasteiger partial charge in [-0.15, -0.1) is 0 Å². The molecule has 0 saturated heterocycles. The highest BCUT2D eigenvalue weighted by Crippen LogP contribution is 2.37. The second kappa shape index (κ2) is 4.73. The number of aromatic amines is 1. The van der Waals surface area contributed by atoms with Crippen molar-refractivity contribution in [1.82, 2.24) is 4.98 Å². The molecule has 1 aromatic heterocycles. The summed E-state index contributed by atoms with van der Waals surface area (Å²) in [6.07, 6.45) is 5.51. The number of aromatic hydroxyl groups is 1. The van der Waals surface area contributed by atoms with Crippen molar-refractivity contribution in [2.24, 2.45) is 0 Å². The Balaban J connectivity index is 1.83. The van der Waals surface area contributed by atoms with Gasteiger partial charge in [-0.2, -0.15) is 0 Å². The Morgan fingerprint density at radius 1 is 1.23 bits per heavy atom. The van der Waals surface area contributed by atoms with Crippen molar-refractivity contribution >= 4 is 23.2 Å². The van der Waals surface area contributed by atoms with Crippen LogP contribution in [0.1, 0.15) is 35.4 Å². The fourth-order valence-electron chi connectivity index (χ4n) is 3.24. The maximum absolute atomic E-state index is 13.4. The zero-order valence-corrected chi connectivity index (χ0v) is 11.9. The molecule has 1 aliphatic carbocycles. The third kappa shape index (κ3) is 1.93. The molecule has 0 fully saturated rings. The molecule has 3 N–H and O–H groups in total. The van der Waals surface area contributed by atoms with Gasteiger partial charge in [-0.3, -0.25) is 4.79 Å². The van der Waals surface area contributed by atoms with Crippen molar-refractivity contribution in [2.45, 2.75) is 25.7 Å². The summed E-state index contributed by atoms with van der Waals surface area (Å²) in [6, 6.07) is 4.19. The molecular formula is C17H15FN2O2. The van der Waals surface area contributed by atoms with Gasteiger partial charge in [0.05, 0.1) is 11.3 Å². The highest BCUT2D eigenvalue weighted by Gasteiger charge is 2.26. The summed E-state index contributed by atoms with van der Waals surface area (Å²) in [6.45, 7) is 0. The molecule has 0 bridgehead atoms. The van der Waals surface area contributed by atoms with Crippen LogP contribution in [0.2, 0.25) is 0 Å². The van der Waals surface area contributed by atoms with E-state index in [1.54, 1.807) is 12.1 Å². The third-order valence-corrected chi connectivity index (χ3v) is 4.35. The van der Waals surface area contributed by atoms with E-state index in [1.165, 1.54) is 12.1 Å². The average Bonchev–Trinajstić information content (AvgIpc) is 2.99. The number of H-pyrrole nitrogens is 1. The number of nitrogens with one attached hydrogen (secondary N) is 2. The summed E-state index contributed by atoms with van der Waals surface area (Å²) in [5, 5.41) is 13.0. The first-order chi connectivity index (χ1) is 10.6. The normalized spacial score (nSPS) is 18.2. The Morgan fingerprint density at radius 2 is 2.05 bits per heavy atom. The Hall–Kier alpha value is -2.56. The quantitative estimate of drug-likeness (QED) is 0.708. The Kier molecular flexibility index (Phi) is 2.82. The van der Waals surface area contributed by atoms with Gasteiger partial charge in [0.15, 0.2) is 0 Å². The van der Waals surface area contributed by atoms with Gasteiger partial charge in [0.1, 0.15) is 11.6 Å². The van der Waals surface area contributed by atoms with Gasteiger partial charge >= 0.3 is 0 Å². The number of aryl methyl sites for hydroxylation is 1. The molecule has 0 radical (unpaired) electrons. The van der Waals surface area contributed by atoms with E-state index in [0.717, 1.165) is 36.9 Å². The molecule has 112 valence electrons. The minimum Gasteiger partial charge on any atom is -0.505 e. The highest BCUT2D eigenvalue weighted by atomic mass is 19.1. The van der Waals surface area contributed by atoms with Crippen molar-refractivity contribution < 1.29 is 14.3 Å². The lowest BCUT2D eigenvalue weighted by molar-refractivity contribution is -0.110. The van der Waals surface area contributed by atoms with E-state index in [1.807, 2.05) is 0 Å². The summed E-state index contributed by atoms with van der Waals surface area (Å²) < 4.78 is 13.4. The second-order valence-corrected chi connectivity index (χ2v) is 5.75. The lowest BCUT2D eigenvalue weighted by Crippen LogP contribution is -2.03. The second-order valence-electron chi connectivity index (χ2n) is 5.75. The molecular weight excluding hydrogens is 283 g/mol. The van der Waals surface area contributed by atoms with Crippen LogP contribution in [0.15, 0.2) is 18.2 Å². The number of aromatic nitrogens is 1. The molecule has 2 aliphatic rings. The first kappa shape index (κ1) is 13.1. The van der Waals surface area contributed by atoms with Gasteiger partial charge < -0.3 is 15.4 Å². The fraction of sp³-hybridized carbons (Fsp3) is 0.235. The number of hydrogen-bond acceptors (Lipinski definition) is 2. The van der Waals surface area contributed by atoms with E-state index < -0.39 is 5.82 Å². The molecule has 0 spiro atoms. The van der Waals surface area contributed by atoms with Gasteiger partial charge in [0.25, 0.3) is 5.91 Å². The molecule has 2 heterocycles. The number of anilines is 1. The molecule has 1 aromatic carbocycles. The van der Waals surface area contributed by atoms with Crippen molar-refractivity contribution in [3.05, 3.63) is 46.5 Å². The van der Waals surface area contributed by atoms with Crippen molar-refractivity contribution in [1.29, 1.82) is 0 Å². The minimum absolute atomic E-state index is 0.208. The van der Waals surface area contributed by atoms with E-state index in [-0.39, 0.29) is 11.7 Å². The number of rotatable bonds is 1. The Bertz CT molecular complexity index is 820. The van der Waals surface area contributed by atoms with Crippen molar-refractivity contribution in [2.75, 3.05) is 5.32 Å². The van der Waals surface area contributed by atoms with Crippen LogP contribution in [-0.4, -0.2) is 16.0 Å². The first-order valence-corrected chi connectivity index (χ1v) is 7.39. The predicted octanol–water partition coefficient (Wildman–Crippen LogP) is 3.23. The maximum atomic E-state index is 13.4. The van der Waals surface area contributed by atoms with Crippen LogP contribution >= 0.6 is 0 Å². The molecule has 22 heavy (non-hydrogen) atoms. The molecule has 4 rings (SSSR count). The standard InChI is InChI=1S/C17H15FN2O2/c18-9-5-6-14-11(7-9)12(17(22)20-14)8-15-16(21)10-3-1-2-4-13(10)19-15/h5-8,19,21H,1-4H2,(H,20,22). The SMILES string of the molecule is O=C1Nc2ccc(F)cc2C1=Cc1[nH]c2c(c1O)CCCC2.